The zero-order valence-electron chi connectivity index (χ0n) is 14.1. The Balaban J connectivity index is 2.25. The van der Waals surface area contributed by atoms with Gasteiger partial charge in [-0.1, -0.05) is 0 Å². The van der Waals surface area contributed by atoms with Gasteiger partial charge in [-0.05, 0) is 48.6 Å². The van der Waals surface area contributed by atoms with Crippen LogP contribution in [0, 0.1) is 0 Å². The highest BCUT2D eigenvalue weighted by Gasteiger charge is 2.23. The van der Waals surface area contributed by atoms with Gasteiger partial charge in [-0.3, -0.25) is 0 Å². The Morgan fingerprint density at radius 1 is 1.21 bits per heavy atom. The van der Waals surface area contributed by atoms with Crippen LogP contribution in [0.1, 0.15) is 11.6 Å². The van der Waals surface area contributed by atoms with Crippen molar-refractivity contribution in [2.45, 2.75) is 10.9 Å². The third-order valence-corrected chi connectivity index (χ3v) is 5.82. The number of methoxy groups -OCH3 is 2. The summed E-state index contributed by atoms with van der Waals surface area (Å²) in [7, 11) is 3.03. The summed E-state index contributed by atoms with van der Waals surface area (Å²) in [6, 6.07) is 6.64. The first kappa shape index (κ1) is 18.7. The van der Waals surface area contributed by atoms with Gasteiger partial charge in [0, 0.05) is 18.7 Å². The minimum Gasteiger partial charge on any atom is -0.497 e. The number of sulfonamides is 1. The Hall–Kier alpha value is -1.61. The molecule has 2 rings (SSSR count). The summed E-state index contributed by atoms with van der Waals surface area (Å²) in [4.78, 5) is 2.04. The van der Waals surface area contributed by atoms with Crippen molar-refractivity contribution in [1.29, 1.82) is 0 Å². The molecule has 0 fully saturated rings. The molecule has 132 valence electrons. The van der Waals surface area contributed by atoms with E-state index in [4.69, 9.17) is 9.47 Å². The number of thiophene rings is 1. The van der Waals surface area contributed by atoms with Gasteiger partial charge >= 0.3 is 0 Å². The SMILES string of the molecule is COc1ccc(OC)c(S(=O)(=O)NC[C@H](c2ccsc2)N(C)C)c1. The third-order valence-electron chi connectivity index (χ3n) is 3.68. The molecule has 0 aliphatic heterocycles. The maximum Gasteiger partial charge on any atom is 0.244 e. The smallest absolute Gasteiger partial charge is 0.244 e. The van der Waals surface area contributed by atoms with Crippen LogP contribution in [0.3, 0.4) is 0 Å². The molecule has 0 saturated heterocycles. The number of benzene rings is 1. The van der Waals surface area contributed by atoms with E-state index < -0.39 is 10.0 Å². The lowest BCUT2D eigenvalue weighted by atomic mass is 10.1. The van der Waals surface area contributed by atoms with Gasteiger partial charge in [-0.25, -0.2) is 13.1 Å². The molecule has 8 heteroatoms. The highest BCUT2D eigenvalue weighted by Crippen LogP contribution is 2.28. The van der Waals surface area contributed by atoms with Gasteiger partial charge in [0.15, 0.2) is 0 Å². The Morgan fingerprint density at radius 2 is 1.96 bits per heavy atom. The maximum absolute atomic E-state index is 12.7. The first-order chi connectivity index (χ1) is 11.4. The standard InChI is InChI=1S/C16H22N2O4S2/c1-18(2)14(12-7-8-23-11-12)10-17-24(19,20)16-9-13(21-3)5-6-15(16)22-4/h5-9,11,14,17H,10H2,1-4H3/t14-/m1/s1. The van der Waals surface area contributed by atoms with Crippen molar-refractivity contribution in [2.24, 2.45) is 0 Å². The molecule has 0 radical (unpaired) electrons. The molecule has 6 nitrogen and oxygen atoms in total. The van der Waals surface area contributed by atoms with Crippen molar-refractivity contribution in [2.75, 3.05) is 34.9 Å². The molecular formula is C16H22N2O4S2. The molecule has 0 aliphatic carbocycles. The number of ether oxygens (including phenoxy) is 2. The summed E-state index contributed by atoms with van der Waals surface area (Å²) in [5.41, 5.74) is 1.07. The fraction of sp³-hybridized carbons (Fsp3) is 0.375. The van der Waals surface area contributed by atoms with E-state index in [-0.39, 0.29) is 23.2 Å². The van der Waals surface area contributed by atoms with Gasteiger partial charge in [-0.15, -0.1) is 0 Å². The van der Waals surface area contributed by atoms with Gasteiger partial charge in [-0.2, -0.15) is 11.3 Å². The fourth-order valence-corrected chi connectivity index (χ4v) is 4.25. The Labute approximate surface area is 147 Å². The van der Waals surface area contributed by atoms with Gasteiger partial charge in [0.05, 0.1) is 14.2 Å². The molecule has 0 aliphatic rings. The molecule has 1 N–H and O–H groups in total. The molecule has 0 bridgehead atoms. The van der Waals surface area contributed by atoms with Crippen molar-refractivity contribution in [3.05, 3.63) is 40.6 Å². The monoisotopic (exact) mass is 370 g/mol. The zero-order valence-corrected chi connectivity index (χ0v) is 15.8. The van der Waals surface area contributed by atoms with Crippen LogP contribution in [0.15, 0.2) is 39.9 Å². The minimum absolute atomic E-state index is 0.0531. The second-order valence-electron chi connectivity index (χ2n) is 5.40. The third kappa shape index (κ3) is 4.27. The molecule has 0 saturated carbocycles. The van der Waals surface area contributed by atoms with E-state index in [1.807, 2.05) is 35.8 Å². The topological polar surface area (TPSA) is 67.9 Å². The van der Waals surface area contributed by atoms with E-state index in [1.165, 1.54) is 20.3 Å². The zero-order chi connectivity index (χ0) is 17.7. The molecule has 0 unspecified atom stereocenters. The van der Waals surface area contributed by atoms with E-state index in [0.29, 0.717) is 5.75 Å². The van der Waals surface area contributed by atoms with E-state index in [9.17, 15) is 8.42 Å². The van der Waals surface area contributed by atoms with E-state index >= 15 is 0 Å². The summed E-state index contributed by atoms with van der Waals surface area (Å²) in [5.74, 6) is 0.735. The van der Waals surface area contributed by atoms with Gasteiger partial charge in [0.2, 0.25) is 10.0 Å². The summed E-state index contributed by atoms with van der Waals surface area (Å²) in [5, 5.41) is 4.00. The average molecular weight is 370 g/mol. The number of hydrogen-bond acceptors (Lipinski definition) is 6. The molecule has 1 aromatic heterocycles. The highest BCUT2D eigenvalue weighted by molar-refractivity contribution is 7.89. The van der Waals surface area contributed by atoms with Crippen LogP contribution < -0.4 is 14.2 Å². The second kappa shape index (κ2) is 7.98. The Bertz CT molecular complexity index is 758. The van der Waals surface area contributed by atoms with Crippen LogP contribution in [0.25, 0.3) is 0 Å². The summed E-state index contributed by atoms with van der Waals surface area (Å²) in [6.07, 6.45) is 0. The van der Waals surface area contributed by atoms with Crippen LogP contribution in [0.4, 0.5) is 0 Å². The Kier molecular flexibility index (Phi) is 6.22. The molecule has 0 spiro atoms. The van der Waals surface area contributed by atoms with Crippen LogP contribution in [0.5, 0.6) is 11.5 Å². The first-order valence-corrected chi connectivity index (χ1v) is 9.72. The molecule has 1 aromatic carbocycles. The lowest BCUT2D eigenvalue weighted by Gasteiger charge is -2.24. The van der Waals surface area contributed by atoms with Crippen LogP contribution in [-0.2, 0) is 10.0 Å². The van der Waals surface area contributed by atoms with Crippen molar-refractivity contribution in [3.63, 3.8) is 0 Å². The van der Waals surface area contributed by atoms with E-state index in [1.54, 1.807) is 23.5 Å². The Morgan fingerprint density at radius 3 is 2.50 bits per heavy atom. The van der Waals surface area contributed by atoms with Crippen molar-refractivity contribution in [3.8, 4) is 11.5 Å². The number of nitrogens with zero attached hydrogens (tertiary/aromatic N) is 1. The number of nitrogens with one attached hydrogen (secondary N) is 1. The average Bonchev–Trinajstić information content (AvgIpc) is 3.08. The van der Waals surface area contributed by atoms with E-state index in [0.717, 1.165) is 5.56 Å². The molecule has 1 heterocycles. The first-order valence-electron chi connectivity index (χ1n) is 7.29. The molecule has 24 heavy (non-hydrogen) atoms. The minimum atomic E-state index is -3.73. The molecule has 2 aromatic rings. The highest BCUT2D eigenvalue weighted by atomic mass is 32.2. The normalized spacial score (nSPS) is 13.0. The van der Waals surface area contributed by atoms with Gasteiger partial charge < -0.3 is 14.4 Å². The predicted molar refractivity (Wildman–Crippen MR) is 95.5 cm³/mol. The summed E-state index contributed by atoms with van der Waals surface area (Å²) in [6.45, 7) is 0.256. The molecule has 0 amide bonds. The van der Waals surface area contributed by atoms with Crippen LogP contribution in [-0.4, -0.2) is 48.2 Å². The molecule has 1 atom stereocenters. The quantitative estimate of drug-likeness (QED) is 0.773. The fourth-order valence-electron chi connectivity index (χ4n) is 2.32. The van der Waals surface area contributed by atoms with Crippen molar-refractivity contribution in [1.82, 2.24) is 9.62 Å². The van der Waals surface area contributed by atoms with E-state index in [2.05, 4.69) is 4.72 Å². The maximum atomic E-state index is 12.7. The predicted octanol–water partition coefficient (Wildman–Crippen LogP) is 2.35. The van der Waals surface area contributed by atoms with Gasteiger partial charge in [0.1, 0.15) is 16.4 Å². The largest absolute Gasteiger partial charge is 0.497 e. The number of likely N-dealkylation sites (N-methyl/N-ethyl adjacent to an activating group) is 1. The lowest BCUT2D eigenvalue weighted by molar-refractivity contribution is 0.300. The van der Waals surface area contributed by atoms with Crippen LogP contribution >= 0.6 is 11.3 Å². The summed E-state index contributed by atoms with van der Waals surface area (Å²) < 4.78 is 38.4. The van der Waals surface area contributed by atoms with Gasteiger partial charge in [0.25, 0.3) is 0 Å². The lowest BCUT2D eigenvalue weighted by Crippen LogP contribution is -2.34. The number of hydrogen-bond donors (Lipinski definition) is 1. The number of rotatable bonds is 8. The second-order valence-corrected chi connectivity index (χ2v) is 7.92. The van der Waals surface area contributed by atoms with Crippen LogP contribution in [0.2, 0.25) is 0 Å². The summed E-state index contributed by atoms with van der Waals surface area (Å²) >= 11 is 1.59. The molecular weight excluding hydrogens is 348 g/mol. The van der Waals surface area contributed by atoms with Crippen molar-refractivity contribution >= 4 is 21.4 Å². The van der Waals surface area contributed by atoms with Crippen molar-refractivity contribution < 1.29 is 17.9 Å².